The molecule has 3 N–H and O–H groups in total. The molecule has 0 amide bonds. The normalized spacial score (nSPS) is 11.6. The average Bonchev–Trinajstić information content (AvgIpc) is 2.30. The van der Waals surface area contributed by atoms with Gasteiger partial charge in [0.05, 0.1) is 0 Å². The van der Waals surface area contributed by atoms with Gasteiger partial charge in [-0.2, -0.15) is 5.53 Å². The Bertz CT molecular complexity index is 540. The van der Waals surface area contributed by atoms with Crippen LogP contribution in [0.15, 0.2) is 52.8 Å². The molecule has 0 bridgehead atoms. The van der Waals surface area contributed by atoms with Crippen molar-refractivity contribution in [3.8, 4) is 0 Å². The molecular weight excluding hydrogens is 200 g/mol. The van der Waals surface area contributed by atoms with E-state index >= 15 is 0 Å². The first-order valence-corrected chi connectivity index (χ1v) is 4.96. The Morgan fingerprint density at radius 3 is 2.69 bits per heavy atom. The Balaban J connectivity index is 2.44. The fourth-order valence-electron chi connectivity index (χ4n) is 1.74. The van der Waals surface area contributed by atoms with Crippen LogP contribution in [0.2, 0.25) is 0 Å². The zero-order valence-corrected chi connectivity index (χ0v) is 8.72. The zero-order chi connectivity index (χ0) is 11.4. The number of nitrogens with zero attached hydrogens (tertiary/aromatic N) is 2. The molecule has 0 spiro atoms. The van der Waals surface area contributed by atoms with Crippen molar-refractivity contribution in [1.82, 2.24) is 0 Å². The number of fused-ring (bicyclic) bond motifs is 1. The number of hydrogen-bond donors (Lipinski definition) is 2. The first kappa shape index (κ1) is 10.3. The average molecular weight is 212 g/mol. The summed E-state index contributed by atoms with van der Waals surface area (Å²) in [5.74, 6) is 0.353. The molecule has 0 aliphatic carbocycles. The summed E-state index contributed by atoms with van der Waals surface area (Å²) in [5, 5.41) is 8.77. The van der Waals surface area contributed by atoms with Gasteiger partial charge in [-0.15, -0.1) is 5.10 Å². The standard InChI is InChI=1S/C12H12N4/c13-12(15-16-14)8-10-6-3-5-9-4-1-2-7-11(9)10/h1-7H,8H2,(H3,13,14,15). The number of benzene rings is 2. The molecular formula is C12H12N4. The van der Waals surface area contributed by atoms with Gasteiger partial charge in [0, 0.05) is 6.42 Å². The van der Waals surface area contributed by atoms with Crippen molar-refractivity contribution in [3.05, 3.63) is 48.0 Å². The minimum absolute atomic E-state index is 0.353. The fourth-order valence-corrected chi connectivity index (χ4v) is 1.74. The van der Waals surface area contributed by atoms with Crippen molar-refractivity contribution in [1.29, 1.82) is 5.53 Å². The van der Waals surface area contributed by atoms with Gasteiger partial charge in [-0.1, -0.05) is 47.7 Å². The Morgan fingerprint density at radius 2 is 1.88 bits per heavy atom. The summed E-state index contributed by atoms with van der Waals surface area (Å²) in [4.78, 5) is 0. The molecule has 0 fully saturated rings. The quantitative estimate of drug-likeness (QED) is 0.349. The second kappa shape index (κ2) is 4.53. The molecule has 0 aliphatic rings. The van der Waals surface area contributed by atoms with Crippen molar-refractivity contribution in [2.24, 2.45) is 16.1 Å². The van der Waals surface area contributed by atoms with Gasteiger partial charge in [-0.3, -0.25) is 0 Å². The minimum atomic E-state index is 0.353. The second-order valence-corrected chi connectivity index (χ2v) is 3.51. The Morgan fingerprint density at radius 1 is 1.12 bits per heavy atom. The molecule has 0 radical (unpaired) electrons. The molecule has 0 unspecified atom stereocenters. The number of nitrogens with one attached hydrogen (secondary N) is 1. The van der Waals surface area contributed by atoms with Crippen molar-refractivity contribution < 1.29 is 0 Å². The predicted octanol–water partition coefficient (Wildman–Crippen LogP) is 2.69. The summed E-state index contributed by atoms with van der Waals surface area (Å²) in [7, 11) is 0. The lowest BCUT2D eigenvalue weighted by molar-refractivity contribution is 0.976. The van der Waals surface area contributed by atoms with Gasteiger partial charge in [0.1, 0.15) is 5.84 Å². The third-order valence-corrected chi connectivity index (χ3v) is 2.43. The summed E-state index contributed by atoms with van der Waals surface area (Å²) < 4.78 is 0. The molecule has 0 heterocycles. The van der Waals surface area contributed by atoms with E-state index in [-0.39, 0.29) is 0 Å². The highest BCUT2D eigenvalue weighted by Gasteiger charge is 2.02. The van der Waals surface area contributed by atoms with Crippen LogP contribution in [0, 0.1) is 5.53 Å². The Labute approximate surface area is 93.3 Å². The molecule has 80 valence electrons. The largest absolute Gasteiger partial charge is 0.385 e. The molecule has 0 aromatic heterocycles. The number of hydrogen-bond acceptors (Lipinski definition) is 2. The van der Waals surface area contributed by atoms with Gasteiger partial charge in [-0.25, -0.2) is 0 Å². The third-order valence-electron chi connectivity index (χ3n) is 2.43. The lowest BCUT2D eigenvalue weighted by Crippen LogP contribution is -2.14. The summed E-state index contributed by atoms with van der Waals surface area (Å²) in [5.41, 5.74) is 13.4. The second-order valence-electron chi connectivity index (χ2n) is 3.51. The van der Waals surface area contributed by atoms with E-state index in [0.29, 0.717) is 12.3 Å². The monoisotopic (exact) mass is 212 g/mol. The maximum Gasteiger partial charge on any atom is 0.128 e. The lowest BCUT2D eigenvalue weighted by atomic mass is 10.0. The van der Waals surface area contributed by atoms with Gasteiger partial charge >= 0.3 is 0 Å². The number of amidine groups is 1. The van der Waals surface area contributed by atoms with Crippen LogP contribution in [0.4, 0.5) is 0 Å². The maximum absolute atomic E-state index is 6.62. The van der Waals surface area contributed by atoms with Crippen LogP contribution < -0.4 is 5.73 Å². The van der Waals surface area contributed by atoms with Gasteiger partial charge in [0.2, 0.25) is 0 Å². The SMILES string of the molecule is N=N/N=C(\N)Cc1cccc2ccccc12. The topological polar surface area (TPSA) is 74.6 Å². The highest BCUT2D eigenvalue weighted by Crippen LogP contribution is 2.18. The van der Waals surface area contributed by atoms with Gasteiger partial charge in [0.15, 0.2) is 0 Å². The first-order valence-electron chi connectivity index (χ1n) is 4.96. The smallest absolute Gasteiger partial charge is 0.128 e. The Kier molecular flexibility index (Phi) is 2.91. The molecule has 16 heavy (non-hydrogen) atoms. The van der Waals surface area contributed by atoms with Crippen molar-refractivity contribution in [3.63, 3.8) is 0 Å². The van der Waals surface area contributed by atoms with Crippen LogP contribution in [0.1, 0.15) is 5.56 Å². The summed E-state index contributed by atoms with van der Waals surface area (Å²) in [6.45, 7) is 0. The molecule has 4 heteroatoms. The van der Waals surface area contributed by atoms with Crippen LogP contribution in [0.25, 0.3) is 10.8 Å². The summed E-state index contributed by atoms with van der Waals surface area (Å²) >= 11 is 0. The van der Waals surface area contributed by atoms with Crippen LogP contribution in [-0.4, -0.2) is 5.84 Å². The zero-order valence-electron chi connectivity index (χ0n) is 8.72. The molecule has 4 nitrogen and oxygen atoms in total. The van der Waals surface area contributed by atoms with E-state index < -0.39 is 0 Å². The van der Waals surface area contributed by atoms with Crippen LogP contribution in [0.3, 0.4) is 0 Å². The van der Waals surface area contributed by atoms with E-state index in [9.17, 15) is 0 Å². The molecule has 2 aromatic rings. The minimum Gasteiger partial charge on any atom is -0.385 e. The van der Waals surface area contributed by atoms with E-state index in [0.717, 1.165) is 10.9 Å². The Hall–Kier alpha value is -2.23. The van der Waals surface area contributed by atoms with Gasteiger partial charge in [0.25, 0.3) is 0 Å². The van der Waals surface area contributed by atoms with Crippen molar-refractivity contribution in [2.45, 2.75) is 6.42 Å². The van der Waals surface area contributed by atoms with E-state index in [1.54, 1.807) is 0 Å². The lowest BCUT2D eigenvalue weighted by Gasteiger charge is -2.05. The van der Waals surface area contributed by atoms with E-state index in [2.05, 4.69) is 28.5 Å². The molecule has 0 atom stereocenters. The summed E-state index contributed by atoms with van der Waals surface area (Å²) in [6, 6.07) is 14.2. The maximum atomic E-state index is 6.62. The predicted molar refractivity (Wildman–Crippen MR) is 64.4 cm³/mol. The van der Waals surface area contributed by atoms with E-state index in [4.69, 9.17) is 11.3 Å². The van der Waals surface area contributed by atoms with Crippen LogP contribution in [0.5, 0.6) is 0 Å². The molecule has 0 saturated carbocycles. The van der Waals surface area contributed by atoms with Crippen molar-refractivity contribution >= 4 is 16.6 Å². The van der Waals surface area contributed by atoms with Gasteiger partial charge < -0.3 is 5.73 Å². The van der Waals surface area contributed by atoms with E-state index in [1.807, 2.05) is 24.3 Å². The van der Waals surface area contributed by atoms with Gasteiger partial charge in [-0.05, 0) is 16.3 Å². The number of nitrogens with two attached hydrogens (primary N) is 1. The van der Waals surface area contributed by atoms with Crippen LogP contribution in [-0.2, 0) is 6.42 Å². The molecule has 0 saturated heterocycles. The molecule has 0 aliphatic heterocycles. The highest BCUT2D eigenvalue weighted by molar-refractivity contribution is 5.91. The fraction of sp³-hybridized carbons (Fsp3) is 0.0833. The van der Waals surface area contributed by atoms with Crippen LogP contribution >= 0.6 is 0 Å². The first-order chi connectivity index (χ1) is 7.81. The molecule has 2 aromatic carbocycles. The third kappa shape index (κ3) is 2.06. The molecule has 2 rings (SSSR count). The van der Waals surface area contributed by atoms with Crippen molar-refractivity contribution in [2.75, 3.05) is 0 Å². The number of rotatable bonds is 3. The summed E-state index contributed by atoms with van der Waals surface area (Å²) in [6.07, 6.45) is 0.518. The highest BCUT2D eigenvalue weighted by atomic mass is 15.3. The van der Waals surface area contributed by atoms with E-state index in [1.165, 1.54) is 5.39 Å².